The average Bonchev–Trinajstić information content (AvgIpc) is 0.838. The molecule has 139 heavy (non-hydrogen) atoms. The Morgan fingerprint density at radius 3 is 0.921 bits per heavy atom. The number of hydrogen-bond donors (Lipinski definition) is 0. The Kier molecular flexibility index (Phi) is 45.1. The van der Waals surface area contributed by atoms with Crippen molar-refractivity contribution in [2.75, 3.05) is 224 Å². The van der Waals surface area contributed by atoms with Crippen molar-refractivity contribution in [3.63, 3.8) is 0 Å². The smallest absolute Gasteiger partial charge is 0.147 e. The number of likely N-dealkylation sites (N-methyl/N-ethyl adjacent to an activating group) is 2. The number of anilines is 7. The third-order valence-corrected chi connectivity index (χ3v) is 31.7. The predicted molar refractivity (Wildman–Crippen MR) is 601 cm³/mol. The molecular formula is C118H182Cl3F2N15O. The quantitative estimate of drug-likeness (QED) is 0.104. The lowest BCUT2D eigenvalue weighted by atomic mass is 9.89. The summed E-state index contributed by atoms with van der Waals surface area (Å²) in [4.78, 5) is 36.1. The second-order valence-corrected chi connectivity index (χ2v) is 44.7. The van der Waals surface area contributed by atoms with Crippen LogP contribution in [-0.2, 0) is 0 Å². The van der Waals surface area contributed by atoms with E-state index < -0.39 is 0 Å². The van der Waals surface area contributed by atoms with Gasteiger partial charge in [-0.1, -0.05) is 118 Å². The molecule has 8 heterocycles. The van der Waals surface area contributed by atoms with Gasteiger partial charge in [0, 0.05) is 175 Å². The lowest BCUT2D eigenvalue weighted by Crippen LogP contribution is -2.59. The molecule has 6 atom stereocenters. The zero-order valence-electron chi connectivity index (χ0n) is 92.0. The van der Waals surface area contributed by atoms with Crippen molar-refractivity contribution in [2.24, 2.45) is 0 Å². The maximum absolute atomic E-state index is 14.1. The van der Waals surface area contributed by atoms with Gasteiger partial charge < -0.3 is 63.5 Å². The maximum atomic E-state index is 14.1. The van der Waals surface area contributed by atoms with E-state index in [0.717, 1.165) is 189 Å². The van der Waals surface area contributed by atoms with E-state index in [1.54, 1.807) is 19.2 Å². The van der Waals surface area contributed by atoms with Crippen LogP contribution >= 0.6 is 34.8 Å². The molecule has 0 aliphatic carbocycles. The van der Waals surface area contributed by atoms with E-state index in [2.05, 4.69) is 359 Å². The summed E-state index contributed by atoms with van der Waals surface area (Å²) in [7, 11) is 25.5. The van der Waals surface area contributed by atoms with Crippen LogP contribution in [0.5, 0.6) is 5.75 Å². The number of methoxy groups -OCH3 is 1. The molecule has 16 nitrogen and oxygen atoms in total. The van der Waals surface area contributed by atoms with Gasteiger partial charge in [0.2, 0.25) is 0 Å². The number of benzene rings is 8. The van der Waals surface area contributed by atoms with Crippen molar-refractivity contribution in [1.29, 1.82) is 0 Å². The minimum Gasteiger partial charge on any atom is -0.495 e. The van der Waals surface area contributed by atoms with Crippen molar-refractivity contribution in [3.8, 4) is 5.75 Å². The van der Waals surface area contributed by atoms with Gasteiger partial charge in [-0.3, -0.25) is 14.7 Å². The molecule has 0 N–H and O–H groups in total. The van der Waals surface area contributed by atoms with Gasteiger partial charge in [-0.05, 0) is 422 Å². The summed E-state index contributed by atoms with van der Waals surface area (Å²) in [5, 5.41) is 2.54. The Hall–Kier alpha value is -7.43. The molecule has 0 unspecified atom stereocenters. The highest BCUT2D eigenvalue weighted by Crippen LogP contribution is 2.41. The van der Waals surface area contributed by atoms with E-state index in [1.165, 1.54) is 125 Å². The highest BCUT2D eigenvalue weighted by molar-refractivity contribution is 6.34. The molecule has 0 spiro atoms. The number of likely N-dealkylation sites (tertiary alicyclic amines) is 1. The molecular weight excluding hydrogens is 1790 g/mol. The molecule has 8 saturated heterocycles. The van der Waals surface area contributed by atoms with E-state index in [1.807, 2.05) is 52.0 Å². The van der Waals surface area contributed by atoms with Crippen molar-refractivity contribution >= 4 is 74.6 Å². The second-order valence-electron chi connectivity index (χ2n) is 43.5. The Morgan fingerprint density at radius 1 is 0.302 bits per heavy atom. The number of aryl methyl sites for hydroxylation is 12. The number of hydrogen-bond acceptors (Lipinski definition) is 16. The van der Waals surface area contributed by atoms with Crippen LogP contribution in [0, 0.1) is 94.7 Å². The standard InChI is InChI=1S/C17H28N2.C15H23ClN2O.C15H23FN2.2C15H24N2.2C14H21ClN2.C13H18FN/c1-12(2)19-15(5)10-18(11-16(19)6)17-8-7-13(3)9-14(17)4;1-11-9-13(16)15(14(10-11)19-4)18-7-5-12(6-8-18)17(2)3;1-11-9-12(2)15(14(16)10-11)18-7-5-13(6-8-18)17(3)4;1-11-6-7-15(12(2)8-11)17-9-13(3)16(5)14(4)10-17;1-12-5-6-15(13(2)11-12)17-9-7-14(8-10-17)16(3)4;1-10-5-6-14(13(15)7-10)17-8-11(2)16(4)12(3)9-17;1-11-4-5-14(13(15)10-11)17-8-6-12(7-9-17)16(2)3;1-10-3-4-12(13(14)9-10)11-5-7-15(2)8-6-11/h7-9,12,15-16H,10-11H2,1-6H3;9-10,12H,5-8H2,1-4H3;9-10,13H,5-8H2,1-4H3;6-8,13-14H,9-10H2,1-5H3;5-6,11,14H,7-10H2,1-4H3;5-7,11-12H,8-9H2,1-4H3;4-5,10,12H,6-9H2,1-3H3;3-4,9,11H,5-8H2,1-2H3/t15-,16+;;;13-,14+;;11-,12+;;. The first kappa shape index (κ1) is 115. The van der Waals surface area contributed by atoms with Gasteiger partial charge in [0.25, 0.3) is 0 Å². The molecule has 8 aliphatic rings. The van der Waals surface area contributed by atoms with E-state index in [0.29, 0.717) is 60.3 Å². The van der Waals surface area contributed by atoms with Crippen LogP contribution in [0.15, 0.2) is 133 Å². The van der Waals surface area contributed by atoms with Crippen LogP contribution in [0.1, 0.15) is 198 Å². The summed E-state index contributed by atoms with van der Waals surface area (Å²) >= 11 is 19.1. The first-order chi connectivity index (χ1) is 65.7. The van der Waals surface area contributed by atoms with Gasteiger partial charge in [-0.15, -0.1) is 0 Å². The van der Waals surface area contributed by atoms with Crippen LogP contribution in [0.3, 0.4) is 0 Å². The summed E-state index contributed by atoms with van der Waals surface area (Å²) in [5.74, 6) is 1.20. The molecule has 0 amide bonds. The molecule has 8 fully saturated rings. The third kappa shape index (κ3) is 33.3. The maximum Gasteiger partial charge on any atom is 0.147 e. The van der Waals surface area contributed by atoms with Crippen LogP contribution in [-0.4, -0.2) is 295 Å². The van der Waals surface area contributed by atoms with E-state index in [4.69, 9.17) is 39.5 Å². The number of rotatable bonds is 14. The van der Waals surface area contributed by atoms with E-state index >= 15 is 0 Å². The minimum atomic E-state index is -0.0733. The van der Waals surface area contributed by atoms with Crippen LogP contribution < -0.4 is 39.0 Å². The molecule has 0 saturated carbocycles. The monoisotopic (exact) mass is 1970 g/mol. The van der Waals surface area contributed by atoms with Crippen molar-refractivity contribution < 1.29 is 13.5 Å². The SMILES string of the molecule is COc1cc(C)cc(Cl)c1N1CCC(N(C)C)CC1.Cc1cc(C)c(N2CCC(N(C)C)CC2)c(F)c1.Cc1ccc(C2CCN(C)CC2)c(F)c1.Cc1ccc(N2CCC(N(C)C)CC2)c(C)c1.Cc1ccc(N2CCC(N(C)C)CC2)c(Cl)c1.Cc1ccc(N2C[C@@H](C)N(C(C)C)[C@@H](C)C2)c(C)c1.Cc1ccc(N2C[C@@H](C)N(C)[C@@H](C)C2)c(C)c1.Cc1ccc(N2C[C@@H](C)N(C)[C@@H](C)C2)c(Cl)c1. The molecule has 8 aromatic rings. The van der Waals surface area contributed by atoms with E-state index in [-0.39, 0.29) is 11.6 Å². The van der Waals surface area contributed by atoms with Gasteiger partial charge >= 0.3 is 0 Å². The molecule has 21 heteroatoms. The Bertz CT molecular complexity index is 4870. The summed E-state index contributed by atoms with van der Waals surface area (Å²) in [5.41, 5.74) is 24.3. The number of piperazine rings is 3. The van der Waals surface area contributed by atoms with Gasteiger partial charge in [0.15, 0.2) is 0 Å². The molecule has 8 aliphatic heterocycles. The zero-order chi connectivity index (χ0) is 102. The molecule has 16 rings (SSSR count). The fraction of sp³-hybridized carbons (Fsp3) is 0.593. The Morgan fingerprint density at radius 2 is 0.583 bits per heavy atom. The highest BCUT2D eigenvalue weighted by atomic mass is 35.5. The van der Waals surface area contributed by atoms with Gasteiger partial charge in [0.1, 0.15) is 17.4 Å². The van der Waals surface area contributed by atoms with Gasteiger partial charge in [0.05, 0.1) is 44.9 Å². The highest BCUT2D eigenvalue weighted by Gasteiger charge is 2.35. The number of ether oxygens (including phenoxy) is 1. The van der Waals surface area contributed by atoms with Gasteiger partial charge in [-0.2, -0.15) is 0 Å². The normalized spacial score (nSPS) is 20.9. The molecule has 0 radical (unpaired) electrons. The number of nitrogens with zero attached hydrogens (tertiary/aromatic N) is 15. The topological polar surface area (TPSA) is 57.8 Å². The van der Waals surface area contributed by atoms with Crippen LogP contribution in [0.4, 0.5) is 48.6 Å². The Balaban J connectivity index is 0.000000178. The lowest BCUT2D eigenvalue weighted by molar-refractivity contribution is 0.0953. The third-order valence-electron chi connectivity index (χ3n) is 30.8. The largest absolute Gasteiger partial charge is 0.495 e. The molecule has 0 bridgehead atoms. The summed E-state index contributed by atoms with van der Waals surface area (Å²) in [6.07, 6.45) is 11.7. The summed E-state index contributed by atoms with van der Waals surface area (Å²) in [6, 6.07) is 53.4. The fourth-order valence-electron chi connectivity index (χ4n) is 22.2. The molecule has 0 aromatic heterocycles. The molecule has 770 valence electrons. The fourth-order valence-corrected chi connectivity index (χ4v) is 23.3. The predicted octanol–water partition coefficient (Wildman–Crippen LogP) is 24.7. The van der Waals surface area contributed by atoms with Crippen LogP contribution in [0.25, 0.3) is 0 Å². The first-order valence-corrected chi connectivity index (χ1v) is 53.3. The Labute approximate surface area is 858 Å². The van der Waals surface area contributed by atoms with E-state index in [9.17, 15) is 8.78 Å². The first-order valence-electron chi connectivity index (χ1n) is 52.1. The van der Waals surface area contributed by atoms with Crippen molar-refractivity contribution in [1.82, 2.24) is 39.2 Å². The zero-order valence-corrected chi connectivity index (χ0v) is 94.3. The summed E-state index contributed by atoms with van der Waals surface area (Å²) < 4.78 is 33.3. The average molecular weight is 1970 g/mol. The second kappa shape index (κ2) is 54.5. The number of halogens is 5. The van der Waals surface area contributed by atoms with Crippen molar-refractivity contribution in [2.45, 2.75) is 275 Å². The lowest BCUT2D eigenvalue weighted by Gasteiger charge is -2.47. The van der Waals surface area contributed by atoms with Crippen LogP contribution in [0.2, 0.25) is 15.1 Å². The minimum absolute atomic E-state index is 0.0236. The molecule has 8 aromatic carbocycles. The number of piperidine rings is 5. The summed E-state index contributed by atoms with van der Waals surface area (Å²) in [6.45, 7) is 61.0. The van der Waals surface area contributed by atoms with Crippen molar-refractivity contribution in [3.05, 3.63) is 232 Å². The van der Waals surface area contributed by atoms with Gasteiger partial charge in [-0.25, -0.2) is 8.78 Å².